The molecule has 0 radical (unpaired) electrons. The van der Waals surface area contributed by atoms with Crippen LogP contribution in [-0.2, 0) is 14.8 Å². The fourth-order valence-electron chi connectivity index (χ4n) is 4.45. The predicted octanol–water partition coefficient (Wildman–Crippen LogP) is 2.70. The Morgan fingerprint density at radius 1 is 1.29 bits per heavy atom. The summed E-state index contributed by atoms with van der Waals surface area (Å²) in [7, 11) is -3.97. The van der Waals surface area contributed by atoms with Crippen LogP contribution in [0.2, 0.25) is 5.15 Å². The van der Waals surface area contributed by atoms with Gasteiger partial charge in [0.25, 0.3) is 6.43 Å². The van der Waals surface area contributed by atoms with Crippen molar-refractivity contribution in [3.8, 4) is 10.8 Å². The van der Waals surface area contributed by atoms with Crippen LogP contribution in [0.5, 0.6) is 0 Å². The van der Waals surface area contributed by atoms with Gasteiger partial charge < -0.3 is 15.0 Å². The van der Waals surface area contributed by atoms with Crippen molar-refractivity contribution in [2.75, 3.05) is 31.2 Å². The third kappa shape index (κ3) is 4.62. The monoisotopic (exact) mass is 547 g/mol. The van der Waals surface area contributed by atoms with Gasteiger partial charge in [0.05, 0.1) is 24.4 Å². The molecule has 5 rings (SSSR count). The Morgan fingerprint density at radius 2 is 1.97 bits per heavy atom. The number of alkyl halides is 2. The normalized spacial score (nSPS) is 22.7. The van der Waals surface area contributed by atoms with Gasteiger partial charge >= 0.3 is 0 Å². The van der Waals surface area contributed by atoms with E-state index in [2.05, 4.69) is 30.1 Å². The van der Waals surface area contributed by atoms with Gasteiger partial charge in [0.2, 0.25) is 10.0 Å². The molecular formula is C20H24ClF2N7O3S2. The minimum atomic E-state index is -3.97. The maximum absolute atomic E-state index is 13.4. The number of hydrogen-bond acceptors (Lipinski definition) is 9. The van der Waals surface area contributed by atoms with E-state index < -0.39 is 27.0 Å². The van der Waals surface area contributed by atoms with E-state index in [4.69, 9.17) is 16.3 Å². The lowest BCUT2D eigenvalue weighted by Gasteiger charge is -2.39. The van der Waals surface area contributed by atoms with Crippen LogP contribution in [0.1, 0.15) is 32.2 Å². The Morgan fingerprint density at radius 3 is 2.54 bits per heavy atom. The van der Waals surface area contributed by atoms with Crippen molar-refractivity contribution in [2.45, 2.75) is 49.7 Å². The van der Waals surface area contributed by atoms with Crippen LogP contribution in [0.15, 0.2) is 17.2 Å². The van der Waals surface area contributed by atoms with Gasteiger partial charge in [-0.05, 0) is 26.8 Å². The number of pyridine rings is 1. The van der Waals surface area contributed by atoms with Gasteiger partial charge in [-0.2, -0.15) is 0 Å². The fraction of sp³-hybridized carbons (Fsp3) is 0.550. The summed E-state index contributed by atoms with van der Waals surface area (Å²) in [4.78, 5) is 6.40. The summed E-state index contributed by atoms with van der Waals surface area (Å²) in [5.41, 5.74) is 0.326. The molecule has 2 atom stereocenters. The maximum atomic E-state index is 13.4. The molecule has 0 aliphatic carbocycles. The number of ether oxygens (including phenoxy) is 1. The Labute approximate surface area is 209 Å². The first-order valence-corrected chi connectivity index (χ1v) is 13.6. The molecule has 0 bridgehead atoms. The number of aromatic nitrogens is 4. The average molecular weight is 548 g/mol. The third-order valence-corrected chi connectivity index (χ3v) is 8.69. The molecule has 0 aromatic carbocycles. The quantitative estimate of drug-likeness (QED) is 0.484. The van der Waals surface area contributed by atoms with Crippen LogP contribution < -0.4 is 14.9 Å². The van der Waals surface area contributed by atoms with E-state index in [1.165, 1.54) is 10.6 Å². The molecule has 0 spiro atoms. The fourth-order valence-corrected chi connectivity index (χ4v) is 6.80. The van der Waals surface area contributed by atoms with Gasteiger partial charge in [0.15, 0.2) is 21.0 Å². The summed E-state index contributed by atoms with van der Waals surface area (Å²) < 4.78 is 62.5. The minimum Gasteiger partial charge on any atom is -0.377 e. The molecule has 0 saturated carbocycles. The lowest BCUT2D eigenvalue weighted by molar-refractivity contribution is -0.0523. The highest BCUT2D eigenvalue weighted by molar-refractivity contribution is 7.89. The Kier molecular flexibility index (Phi) is 6.25. The minimum absolute atomic E-state index is 0.0131. The number of halogens is 3. The van der Waals surface area contributed by atoms with Crippen LogP contribution in [0.3, 0.4) is 0 Å². The van der Waals surface area contributed by atoms with Crippen molar-refractivity contribution in [1.82, 2.24) is 29.6 Å². The van der Waals surface area contributed by atoms with Crippen molar-refractivity contribution in [2.24, 2.45) is 0 Å². The van der Waals surface area contributed by atoms with Gasteiger partial charge in [-0.1, -0.05) is 22.9 Å². The van der Waals surface area contributed by atoms with E-state index in [0.717, 1.165) is 0 Å². The summed E-state index contributed by atoms with van der Waals surface area (Å²) in [5.74, 6) is 0.141. The molecule has 5 heterocycles. The van der Waals surface area contributed by atoms with Gasteiger partial charge in [0, 0.05) is 31.4 Å². The first kappa shape index (κ1) is 24.7. The van der Waals surface area contributed by atoms with Crippen LogP contribution in [-0.4, -0.2) is 71.9 Å². The largest absolute Gasteiger partial charge is 0.377 e. The molecule has 2 fully saturated rings. The zero-order valence-corrected chi connectivity index (χ0v) is 21.5. The van der Waals surface area contributed by atoms with E-state index in [-0.39, 0.29) is 46.2 Å². The number of fused-ring (bicyclic) bond motifs is 1. The van der Waals surface area contributed by atoms with Gasteiger partial charge in [0.1, 0.15) is 10.4 Å². The number of imidazole rings is 1. The van der Waals surface area contributed by atoms with E-state index >= 15 is 0 Å². The lowest BCUT2D eigenvalue weighted by atomic mass is 10.0. The topological polar surface area (TPSA) is 114 Å². The third-order valence-electron chi connectivity index (χ3n) is 5.90. The van der Waals surface area contributed by atoms with Crippen LogP contribution in [0.25, 0.3) is 16.3 Å². The van der Waals surface area contributed by atoms with E-state index in [0.29, 0.717) is 35.6 Å². The average Bonchev–Trinajstić information content (AvgIpc) is 3.36. The number of piperazine rings is 1. The van der Waals surface area contributed by atoms with Gasteiger partial charge in [-0.25, -0.2) is 26.9 Å². The summed E-state index contributed by atoms with van der Waals surface area (Å²) in [6.07, 6.45) is -1.40. The summed E-state index contributed by atoms with van der Waals surface area (Å²) in [6.45, 7) is 7.57. The highest BCUT2D eigenvalue weighted by atomic mass is 35.5. The maximum Gasteiger partial charge on any atom is 0.291 e. The number of hydrogen-bond donors (Lipinski definition) is 2. The standard InChI is InChI=1S/C20H24ClF2N7O3S2/c1-10-5-29(6-11(2)24-10)13-4-12(35(31,32)28-20(3)8-33-9-20)7-30-14(13)15(21)25-17(30)19-27-26-18(34-19)16(22)23/h4,7,10-11,16,24,28H,5-6,8-9H2,1-3H3/t10-,11-/m0/s1. The molecule has 35 heavy (non-hydrogen) atoms. The molecule has 2 aliphatic heterocycles. The Bertz CT molecular complexity index is 1370. The smallest absolute Gasteiger partial charge is 0.291 e. The molecule has 2 aliphatic rings. The molecule has 0 unspecified atom stereocenters. The van der Waals surface area contributed by atoms with Crippen LogP contribution in [0, 0.1) is 0 Å². The number of rotatable bonds is 6. The first-order chi connectivity index (χ1) is 16.5. The van der Waals surface area contributed by atoms with Gasteiger partial charge in [-0.15, -0.1) is 10.2 Å². The molecule has 3 aromatic rings. The zero-order valence-electron chi connectivity index (χ0n) is 19.1. The summed E-state index contributed by atoms with van der Waals surface area (Å²) >= 11 is 7.23. The molecule has 2 saturated heterocycles. The SMILES string of the molecule is C[C@H]1CN(c2cc(S(=O)(=O)NC3(C)COC3)cn3c(-c4nnc(C(F)F)s4)nc(Cl)c23)C[C@H](C)N1. The van der Waals surface area contributed by atoms with E-state index in [9.17, 15) is 17.2 Å². The lowest BCUT2D eigenvalue weighted by Crippen LogP contribution is -2.59. The molecule has 3 aromatic heterocycles. The second kappa shape index (κ2) is 8.85. The highest BCUT2D eigenvalue weighted by Crippen LogP contribution is 2.37. The second-order valence-corrected chi connectivity index (χ2v) is 12.3. The highest BCUT2D eigenvalue weighted by Gasteiger charge is 2.38. The molecule has 15 heteroatoms. The number of anilines is 1. The van der Waals surface area contributed by atoms with Crippen LogP contribution >= 0.6 is 22.9 Å². The molecule has 0 amide bonds. The Hall–Kier alpha value is -1.97. The van der Waals surface area contributed by atoms with Crippen molar-refractivity contribution >= 4 is 44.2 Å². The van der Waals surface area contributed by atoms with Crippen molar-refractivity contribution in [1.29, 1.82) is 0 Å². The second-order valence-electron chi connectivity index (χ2n) is 9.28. The van der Waals surface area contributed by atoms with E-state index in [1.54, 1.807) is 13.0 Å². The molecular weight excluding hydrogens is 524 g/mol. The number of sulfonamides is 1. The summed E-state index contributed by atoms with van der Waals surface area (Å²) in [6, 6.07) is 1.86. The molecule has 2 N–H and O–H groups in total. The zero-order chi connectivity index (χ0) is 25.1. The molecule has 10 nitrogen and oxygen atoms in total. The molecule has 190 valence electrons. The van der Waals surface area contributed by atoms with Crippen molar-refractivity contribution in [3.05, 3.63) is 22.4 Å². The summed E-state index contributed by atoms with van der Waals surface area (Å²) in [5, 5.41) is 10.6. The number of nitrogens with one attached hydrogen (secondary N) is 2. The first-order valence-electron chi connectivity index (χ1n) is 10.9. The van der Waals surface area contributed by atoms with E-state index in [1.807, 2.05) is 13.8 Å². The van der Waals surface area contributed by atoms with Crippen molar-refractivity contribution in [3.63, 3.8) is 0 Å². The van der Waals surface area contributed by atoms with Crippen LogP contribution in [0.4, 0.5) is 14.5 Å². The Balaban J connectivity index is 1.70. The van der Waals surface area contributed by atoms with Crippen molar-refractivity contribution < 1.29 is 21.9 Å². The predicted molar refractivity (Wildman–Crippen MR) is 128 cm³/mol. The number of nitrogens with zero attached hydrogens (tertiary/aromatic N) is 5. The van der Waals surface area contributed by atoms with Gasteiger partial charge in [-0.3, -0.25) is 4.40 Å².